The van der Waals surface area contributed by atoms with E-state index in [0.717, 1.165) is 11.1 Å². The summed E-state index contributed by atoms with van der Waals surface area (Å²) in [7, 11) is 0. The highest BCUT2D eigenvalue weighted by Gasteiger charge is 2.11. The second-order valence-electron chi connectivity index (χ2n) is 6.14. The van der Waals surface area contributed by atoms with Crippen molar-refractivity contribution < 1.29 is 14.4 Å². The van der Waals surface area contributed by atoms with Gasteiger partial charge in [-0.25, -0.2) is 0 Å². The Kier molecular flexibility index (Phi) is 8.00. The molecule has 0 aliphatic rings. The fraction of sp³-hybridized carbons (Fsp3) is 0.250. The molecule has 0 bridgehead atoms. The molecular weight excluding hydrogens is 387 g/mol. The average molecular weight is 409 g/mol. The minimum Gasteiger partial charge on any atom is -0.399 e. The lowest BCUT2D eigenvalue weighted by Crippen LogP contribution is -2.07. The second-order valence-corrected chi connectivity index (χ2v) is 6.95. The number of anilines is 2. The van der Waals surface area contributed by atoms with Crippen molar-refractivity contribution in [1.29, 1.82) is 0 Å². The molecule has 0 spiro atoms. The zero-order valence-corrected chi connectivity index (χ0v) is 17.4. The number of nitrogens with two attached hydrogens (primary N) is 1. The van der Waals surface area contributed by atoms with E-state index >= 15 is 0 Å². The van der Waals surface area contributed by atoms with Crippen molar-refractivity contribution in [3.63, 3.8) is 0 Å². The van der Waals surface area contributed by atoms with E-state index in [2.05, 4.69) is 5.32 Å². The zero-order chi connectivity index (χ0) is 20.9. The van der Waals surface area contributed by atoms with E-state index in [1.54, 1.807) is 31.2 Å². The minimum atomic E-state index is -0.166. The smallest absolute Gasteiger partial charge is 0.221 e. The monoisotopic (exact) mass is 408 g/mol. The van der Waals surface area contributed by atoms with E-state index in [1.165, 1.54) is 20.8 Å². The van der Waals surface area contributed by atoms with E-state index in [0.29, 0.717) is 32.5 Å². The Morgan fingerprint density at radius 1 is 0.815 bits per heavy atom. The molecule has 0 aliphatic heterocycles. The first-order valence-electron chi connectivity index (χ1n) is 8.09. The normalized spacial score (nSPS) is 9.89. The van der Waals surface area contributed by atoms with Gasteiger partial charge in [0.15, 0.2) is 11.6 Å². The number of Topliss-reactive ketones (excluding diaryl/α,β-unsaturated/α-hetero) is 2. The molecule has 0 aromatic heterocycles. The maximum absolute atomic E-state index is 11.2. The highest BCUT2D eigenvalue weighted by atomic mass is 35.5. The number of benzene rings is 2. The van der Waals surface area contributed by atoms with Crippen molar-refractivity contribution in [2.75, 3.05) is 11.1 Å². The van der Waals surface area contributed by atoms with Crippen LogP contribution in [0.15, 0.2) is 24.3 Å². The molecule has 2 aromatic carbocycles. The molecule has 1 amide bonds. The van der Waals surface area contributed by atoms with Gasteiger partial charge >= 0.3 is 0 Å². The third kappa shape index (κ3) is 6.38. The molecule has 0 aliphatic carbocycles. The molecule has 0 atom stereocenters. The molecule has 0 saturated carbocycles. The summed E-state index contributed by atoms with van der Waals surface area (Å²) in [4.78, 5) is 33.2. The molecular formula is C20H22Cl2N2O3. The fourth-order valence-corrected chi connectivity index (χ4v) is 3.49. The number of halogens is 2. The van der Waals surface area contributed by atoms with Crippen LogP contribution < -0.4 is 11.1 Å². The van der Waals surface area contributed by atoms with Gasteiger partial charge in [-0.05, 0) is 63.1 Å². The van der Waals surface area contributed by atoms with Gasteiger partial charge in [-0.1, -0.05) is 23.2 Å². The van der Waals surface area contributed by atoms with Crippen LogP contribution >= 0.6 is 23.2 Å². The predicted octanol–water partition coefficient (Wildman–Crippen LogP) is 5.24. The third-order valence-electron chi connectivity index (χ3n) is 3.62. The van der Waals surface area contributed by atoms with Gasteiger partial charge in [0.2, 0.25) is 5.91 Å². The van der Waals surface area contributed by atoms with Crippen LogP contribution in [0.5, 0.6) is 0 Å². The van der Waals surface area contributed by atoms with Crippen LogP contribution in [0.3, 0.4) is 0 Å². The summed E-state index contributed by atoms with van der Waals surface area (Å²) >= 11 is 11.8. The van der Waals surface area contributed by atoms with Crippen LogP contribution in [0.4, 0.5) is 11.4 Å². The highest BCUT2D eigenvalue weighted by molar-refractivity contribution is 6.34. The van der Waals surface area contributed by atoms with Gasteiger partial charge < -0.3 is 11.1 Å². The molecule has 0 radical (unpaired) electrons. The molecule has 0 unspecified atom stereocenters. The Morgan fingerprint density at radius 2 is 1.26 bits per heavy atom. The van der Waals surface area contributed by atoms with E-state index in [-0.39, 0.29) is 17.5 Å². The van der Waals surface area contributed by atoms with Crippen molar-refractivity contribution in [2.45, 2.75) is 34.6 Å². The Morgan fingerprint density at radius 3 is 1.63 bits per heavy atom. The molecule has 27 heavy (non-hydrogen) atoms. The fourth-order valence-electron chi connectivity index (χ4n) is 2.68. The van der Waals surface area contributed by atoms with E-state index in [4.69, 9.17) is 28.9 Å². The number of amides is 1. The Bertz CT molecular complexity index is 862. The molecule has 3 N–H and O–H groups in total. The number of rotatable bonds is 3. The number of ketones is 2. The number of hydrogen-bond acceptors (Lipinski definition) is 4. The number of nitrogen functional groups attached to an aromatic ring is 1. The van der Waals surface area contributed by atoms with Gasteiger partial charge in [0.25, 0.3) is 0 Å². The van der Waals surface area contributed by atoms with Crippen molar-refractivity contribution in [3.8, 4) is 0 Å². The Hall–Kier alpha value is -2.37. The zero-order valence-electron chi connectivity index (χ0n) is 15.9. The lowest BCUT2D eigenvalue weighted by atomic mass is 10.0. The SMILES string of the molecule is CC(=O)Nc1cc(C)c(C(C)=O)c(Cl)c1.CC(=O)c1c(C)cc(N)cc1Cl. The number of carbonyl (C=O) groups is 3. The molecule has 0 fully saturated rings. The molecule has 2 aromatic rings. The van der Waals surface area contributed by atoms with Crippen LogP contribution in [0, 0.1) is 13.8 Å². The van der Waals surface area contributed by atoms with Gasteiger partial charge in [-0.2, -0.15) is 0 Å². The topological polar surface area (TPSA) is 89.3 Å². The van der Waals surface area contributed by atoms with Gasteiger partial charge in [0.05, 0.1) is 10.0 Å². The van der Waals surface area contributed by atoms with Crippen LogP contribution in [0.1, 0.15) is 52.6 Å². The summed E-state index contributed by atoms with van der Waals surface area (Å²) in [6.45, 7) is 7.98. The molecule has 5 nitrogen and oxygen atoms in total. The maximum Gasteiger partial charge on any atom is 0.221 e. The van der Waals surface area contributed by atoms with Crippen LogP contribution in [-0.2, 0) is 4.79 Å². The van der Waals surface area contributed by atoms with Gasteiger partial charge in [0, 0.05) is 29.4 Å². The summed E-state index contributed by atoms with van der Waals surface area (Å²) in [6, 6.07) is 6.63. The van der Waals surface area contributed by atoms with E-state index < -0.39 is 0 Å². The van der Waals surface area contributed by atoms with Gasteiger partial charge in [-0.3, -0.25) is 14.4 Å². The first kappa shape index (κ1) is 22.7. The maximum atomic E-state index is 11.2. The number of nitrogens with one attached hydrogen (secondary N) is 1. The summed E-state index contributed by atoms with van der Waals surface area (Å²) in [6.07, 6.45) is 0. The van der Waals surface area contributed by atoms with Crippen LogP contribution in [0.2, 0.25) is 10.0 Å². The lowest BCUT2D eigenvalue weighted by molar-refractivity contribution is -0.114. The summed E-state index contributed by atoms with van der Waals surface area (Å²) in [5, 5.41) is 3.42. The first-order valence-corrected chi connectivity index (χ1v) is 8.84. The first-order chi connectivity index (χ1) is 12.4. The number of carbonyl (C=O) groups excluding carboxylic acids is 3. The van der Waals surface area contributed by atoms with Crippen molar-refractivity contribution in [2.24, 2.45) is 0 Å². The molecule has 0 saturated heterocycles. The number of hydrogen-bond donors (Lipinski definition) is 2. The van der Waals surface area contributed by atoms with Gasteiger partial charge in [-0.15, -0.1) is 0 Å². The quantitative estimate of drug-likeness (QED) is 0.536. The minimum absolute atomic E-state index is 0.0301. The highest BCUT2D eigenvalue weighted by Crippen LogP contribution is 2.25. The van der Waals surface area contributed by atoms with Crippen LogP contribution in [-0.4, -0.2) is 17.5 Å². The average Bonchev–Trinajstić information content (AvgIpc) is 2.43. The Labute approximate surface area is 168 Å². The van der Waals surface area contributed by atoms with Crippen LogP contribution in [0.25, 0.3) is 0 Å². The predicted molar refractivity (Wildman–Crippen MR) is 111 cm³/mol. The molecule has 7 heteroatoms. The third-order valence-corrected chi connectivity index (χ3v) is 4.22. The van der Waals surface area contributed by atoms with E-state index in [1.807, 2.05) is 6.92 Å². The van der Waals surface area contributed by atoms with Crippen molar-refractivity contribution in [3.05, 3.63) is 56.6 Å². The second kappa shape index (κ2) is 9.53. The number of aryl methyl sites for hydroxylation is 2. The summed E-state index contributed by atoms with van der Waals surface area (Å²) in [5.41, 5.74) is 9.38. The van der Waals surface area contributed by atoms with Crippen molar-refractivity contribution >= 4 is 52.1 Å². The summed E-state index contributed by atoms with van der Waals surface area (Å²) in [5.74, 6) is -0.273. The molecule has 2 rings (SSSR count). The standard InChI is InChI=1S/C11H12ClNO2.C9H10ClNO/c1-6-4-9(13-8(3)15)5-10(12)11(6)7(2)14;1-5-3-7(11)4-8(10)9(5)6(2)12/h4-5H,1-3H3,(H,13,15);3-4H,11H2,1-2H3. The Balaban J connectivity index is 0.000000277. The molecule has 144 valence electrons. The van der Waals surface area contributed by atoms with Crippen molar-refractivity contribution in [1.82, 2.24) is 0 Å². The van der Waals surface area contributed by atoms with E-state index in [9.17, 15) is 14.4 Å². The summed E-state index contributed by atoms with van der Waals surface area (Å²) < 4.78 is 0. The largest absolute Gasteiger partial charge is 0.399 e. The molecule has 0 heterocycles. The van der Waals surface area contributed by atoms with Gasteiger partial charge in [0.1, 0.15) is 0 Å². The lowest BCUT2D eigenvalue weighted by Gasteiger charge is -2.08.